The van der Waals surface area contributed by atoms with Crippen molar-refractivity contribution in [2.75, 3.05) is 19.0 Å². The molecule has 1 N–H and O–H groups in total. The van der Waals surface area contributed by atoms with E-state index in [-0.39, 0.29) is 6.04 Å². The molecule has 0 aliphatic rings. The summed E-state index contributed by atoms with van der Waals surface area (Å²) in [4.78, 5) is 2.87. The summed E-state index contributed by atoms with van der Waals surface area (Å²) in [5, 5.41) is 0. The van der Waals surface area contributed by atoms with Gasteiger partial charge < -0.3 is 4.90 Å². The number of anilines is 1. The molecule has 0 bridgehead atoms. The summed E-state index contributed by atoms with van der Waals surface area (Å²) in [7, 11) is 2.79. The van der Waals surface area contributed by atoms with Gasteiger partial charge in [0.25, 0.3) is 0 Å². The highest BCUT2D eigenvalue weighted by atomic mass is 32.2. The molecule has 140 valence electrons. The fourth-order valence-corrected chi connectivity index (χ4v) is 3.94. The molecule has 0 fully saturated rings. The molecule has 0 saturated carbocycles. The van der Waals surface area contributed by atoms with Gasteiger partial charge in [0, 0.05) is 25.8 Å². The number of aryl methyl sites for hydroxylation is 1. The zero-order valence-corrected chi connectivity index (χ0v) is 16.9. The van der Waals surface area contributed by atoms with E-state index >= 15 is 0 Å². The first-order valence-electron chi connectivity index (χ1n) is 9.09. The van der Waals surface area contributed by atoms with Crippen LogP contribution in [0.2, 0.25) is 0 Å². The normalized spacial score (nSPS) is 13.1. The minimum Gasteiger partial charge on any atom is -0.378 e. The van der Waals surface area contributed by atoms with Gasteiger partial charge in [0.2, 0.25) is 0 Å². The lowest BCUT2D eigenvalue weighted by atomic mass is 9.99. The van der Waals surface area contributed by atoms with Crippen LogP contribution in [0.15, 0.2) is 83.8 Å². The highest BCUT2D eigenvalue weighted by Crippen LogP contribution is 2.23. The Balaban J connectivity index is 1.84. The van der Waals surface area contributed by atoms with Crippen molar-refractivity contribution in [1.29, 1.82) is 0 Å². The van der Waals surface area contributed by atoms with Crippen molar-refractivity contribution >= 4 is 16.7 Å². The fraction of sp³-hybridized carbons (Fsp3) is 0.217. The smallest absolute Gasteiger partial charge is 0.125 e. The first-order valence-corrected chi connectivity index (χ1v) is 10.2. The van der Waals surface area contributed by atoms with Gasteiger partial charge >= 0.3 is 0 Å². The van der Waals surface area contributed by atoms with Gasteiger partial charge in [-0.2, -0.15) is 0 Å². The van der Waals surface area contributed by atoms with Gasteiger partial charge in [-0.3, -0.25) is 0 Å². The van der Waals surface area contributed by atoms with Crippen LogP contribution in [0.1, 0.15) is 22.7 Å². The van der Waals surface area contributed by atoms with Crippen molar-refractivity contribution in [3.05, 3.63) is 95.6 Å². The maximum absolute atomic E-state index is 12.9. The van der Waals surface area contributed by atoms with Gasteiger partial charge in [-0.05, 0) is 48.7 Å². The molecular formula is C23H26N2OS. The number of hydrogen-bond donors (Lipinski definition) is 1. The van der Waals surface area contributed by atoms with E-state index in [9.17, 15) is 4.21 Å². The highest BCUT2D eigenvalue weighted by Gasteiger charge is 2.16. The summed E-state index contributed by atoms with van der Waals surface area (Å²) in [5.74, 6) is 0. The van der Waals surface area contributed by atoms with Crippen LogP contribution in [0.3, 0.4) is 0 Å². The van der Waals surface area contributed by atoms with Crippen molar-refractivity contribution in [2.24, 2.45) is 0 Å². The second-order valence-corrected chi connectivity index (χ2v) is 8.17. The lowest BCUT2D eigenvalue weighted by molar-refractivity contribution is 0.624. The van der Waals surface area contributed by atoms with Crippen LogP contribution < -0.4 is 9.62 Å². The molecule has 3 aromatic carbocycles. The van der Waals surface area contributed by atoms with Crippen LogP contribution in [0.5, 0.6) is 0 Å². The van der Waals surface area contributed by atoms with Gasteiger partial charge in [-0.15, -0.1) is 0 Å². The van der Waals surface area contributed by atoms with Crippen LogP contribution in [-0.2, 0) is 17.4 Å². The molecule has 3 rings (SSSR count). The average molecular weight is 379 g/mol. The van der Waals surface area contributed by atoms with E-state index in [4.69, 9.17) is 0 Å². The van der Waals surface area contributed by atoms with Crippen molar-refractivity contribution in [2.45, 2.75) is 24.3 Å². The van der Waals surface area contributed by atoms with E-state index in [1.54, 1.807) is 0 Å². The summed E-state index contributed by atoms with van der Waals surface area (Å²) in [5.41, 5.74) is 4.66. The molecular weight excluding hydrogens is 352 g/mol. The Bertz CT molecular complexity index is 875. The van der Waals surface area contributed by atoms with Gasteiger partial charge in [0.1, 0.15) is 11.0 Å². The van der Waals surface area contributed by atoms with Crippen LogP contribution in [0.4, 0.5) is 5.69 Å². The Hall–Kier alpha value is -2.43. The summed E-state index contributed by atoms with van der Waals surface area (Å²) in [6.07, 6.45) is 0.778. The standard InChI is InChI=1S/C23H26N2OS/c1-18-9-15-22(16-10-18)27(26)24-23(17-19-7-5-4-6-8-19)20-11-13-21(14-12-20)25(2)3/h4-16,23-24H,17H2,1-3H3/t23-,27?/m1/s1. The fourth-order valence-electron chi connectivity index (χ4n) is 2.94. The zero-order chi connectivity index (χ0) is 19.2. The van der Waals surface area contributed by atoms with Gasteiger partial charge in [0.05, 0.1) is 4.90 Å². The topological polar surface area (TPSA) is 32.3 Å². The Kier molecular flexibility index (Phi) is 6.43. The maximum Gasteiger partial charge on any atom is 0.125 e. The lowest BCUT2D eigenvalue weighted by Gasteiger charge is -2.20. The quantitative estimate of drug-likeness (QED) is 0.649. The summed E-state index contributed by atoms with van der Waals surface area (Å²) < 4.78 is 16.2. The summed E-state index contributed by atoms with van der Waals surface area (Å²) in [6, 6.07) is 26.5. The molecule has 27 heavy (non-hydrogen) atoms. The Labute approximate surface area is 164 Å². The first-order chi connectivity index (χ1) is 13.0. The number of benzene rings is 3. The number of nitrogens with one attached hydrogen (secondary N) is 1. The SMILES string of the molecule is Cc1ccc(S(=O)N[C@H](Cc2ccccc2)c2ccc(N(C)C)cc2)cc1. The van der Waals surface area contributed by atoms with Gasteiger partial charge in [-0.1, -0.05) is 60.2 Å². The third-order valence-electron chi connectivity index (χ3n) is 4.58. The van der Waals surface area contributed by atoms with E-state index < -0.39 is 11.0 Å². The highest BCUT2D eigenvalue weighted by molar-refractivity contribution is 7.83. The second kappa shape index (κ2) is 8.98. The molecule has 1 unspecified atom stereocenters. The van der Waals surface area contributed by atoms with E-state index in [1.165, 1.54) is 5.56 Å². The van der Waals surface area contributed by atoms with Crippen molar-refractivity contribution < 1.29 is 4.21 Å². The molecule has 3 nitrogen and oxygen atoms in total. The molecule has 4 heteroatoms. The average Bonchev–Trinajstić information content (AvgIpc) is 2.69. The molecule has 0 radical (unpaired) electrons. The van der Waals surface area contributed by atoms with E-state index in [0.29, 0.717) is 0 Å². The minimum atomic E-state index is -1.27. The monoisotopic (exact) mass is 378 g/mol. The molecule has 0 saturated heterocycles. The predicted molar refractivity (Wildman–Crippen MR) is 114 cm³/mol. The Morgan fingerprint density at radius 3 is 2.11 bits per heavy atom. The third-order valence-corrected chi connectivity index (χ3v) is 5.78. The number of hydrogen-bond acceptors (Lipinski definition) is 2. The van der Waals surface area contributed by atoms with Crippen molar-refractivity contribution in [3.8, 4) is 0 Å². The summed E-state index contributed by atoms with van der Waals surface area (Å²) >= 11 is 0. The number of rotatable bonds is 7. The first kappa shape index (κ1) is 19.3. The zero-order valence-electron chi connectivity index (χ0n) is 16.1. The van der Waals surface area contributed by atoms with Crippen LogP contribution in [0, 0.1) is 6.92 Å². The van der Waals surface area contributed by atoms with Gasteiger partial charge in [-0.25, -0.2) is 8.93 Å². The van der Waals surface area contributed by atoms with E-state index in [0.717, 1.165) is 28.1 Å². The largest absolute Gasteiger partial charge is 0.378 e. The minimum absolute atomic E-state index is 0.0363. The number of nitrogens with zero attached hydrogens (tertiary/aromatic N) is 1. The van der Waals surface area contributed by atoms with E-state index in [2.05, 4.69) is 46.0 Å². The molecule has 3 aromatic rings. The molecule has 0 aromatic heterocycles. The molecule has 2 atom stereocenters. The lowest BCUT2D eigenvalue weighted by Crippen LogP contribution is -2.25. The molecule has 0 heterocycles. The second-order valence-electron chi connectivity index (χ2n) is 6.93. The third kappa shape index (κ3) is 5.28. The Morgan fingerprint density at radius 2 is 1.52 bits per heavy atom. The molecule has 0 spiro atoms. The van der Waals surface area contributed by atoms with Crippen molar-refractivity contribution in [1.82, 2.24) is 4.72 Å². The molecule has 0 amide bonds. The molecule has 0 aliphatic heterocycles. The maximum atomic E-state index is 12.9. The molecule has 0 aliphatic carbocycles. The summed E-state index contributed by atoms with van der Waals surface area (Å²) in [6.45, 7) is 2.03. The van der Waals surface area contributed by atoms with Crippen LogP contribution in [-0.4, -0.2) is 18.3 Å². The van der Waals surface area contributed by atoms with Crippen molar-refractivity contribution in [3.63, 3.8) is 0 Å². The van der Waals surface area contributed by atoms with Gasteiger partial charge in [0.15, 0.2) is 0 Å². The predicted octanol–water partition coefficient (Wildman–Crippen LogP) is 4.66. The van der Waals surface area contributed by atoms with Crippen LogP contribution >= 0.6 is 0 Å². The van der Waals surface area contributed by atoms with Crippen LogP contribution in [0.25, 0.3) is 0 Å². The van der Waals surface area contributed by atoms with E-state index in [1.807, 2.05) is 63.5 Å². The Morgan fingerprint density at radius 1 is 0.889 bits per heavy atom.